The van der Waals surface area contributed by atoms with Crippen LogP contribution in [-0.2, 0) is 0 Å². The maximum absolute atomic E-state index is 5.83. The summed E-state index contributed by atoms with van der Waals surface area (Å²) in [7, 11) is 0. The topological polar surface area (TPSA) is 38.9 Å². The molecule has 0 aliphatic heterocycles. The normalized spacial score (nSPS) is 10.5. The van der Waals surface area contributed by atoms with E-state index in [0.717, 1.165) is 11.1 Å². The van der Waals surface area contributed by atoms with Crippen molar-refractivity contribution in [1.82, 2.24) is 4.98 Å². The van der Waals surface area contributed by atoms with Gasteiger partial charge in [0.1, 0.15) is 0 Å². The van der Waals surface area contributed by atoms with Crippen LogP contribution in [0.15, 0.2) is 35.5 Å². The molecule has 0 saturated carbocycles. The van der Waals surface area contributed by atoms with Gasteiger partial charge in [0.05, 0.1) is 0 Å². The van der Waals surface area contributed by atoms with Crippen molar-refractivity contribution in [3.8, 4) is 0 Å². The summed E-state index contributed by atoms with van der Waals surface area (Å²) in [5, 5.41) is 2.22. The number of aromatic nitrogens is 1. The van der Waals surface area contributed by atoms with E-state index in [0.29, 0.717) is 0 Å². The second kappa shape index (κ2) is 3.26. The zero-order chi connectivity index (χ0) is 9.26. The molecule has 3 heteroatoms. The van der Waals surface area contributed by atoms with Gasteiger partial charge in [-0.15, -0.1) is 11.8 Å². The lowest BCUT2D eigenvalue weighted by Crippen LogP contribution is -1.88. The van der Waals surface area contributed by atoms with Gasteiger partial charge in [-0.1, -0.05) is 0 Å². The van der Waals surface area contributed by atoms with E-state index < -0.39 is 0 Å². The summed E-state index contributed by atoms with van der Waals surface area (Å²) < 4.78 is 0. The van der Waals surface area contributed by atoms with E-state index >= 15 is 0 Å². The monoisotopic (exact) mass is 190 g/mol. The number of benzene rings is 1. The second-order valence-electron chi connectivity index (χ2n) is 2.78. The molecule has 2 aromatic rings. The molecule has 1 aromatic heterocycles. The van der Waals surface area contributed by atoms with Gasteiger partial charge in [-0.3, -0.25) is 4.98 Å². The van der Waals surface area contributed by atoms with Crippen molar-refractivity contribution >= 4 is 28.2 Å². The van der Waals surface area contributed by atoms with E-state index in [9.17, 15) is 0 Å². The number of anilines is 1. The maximum Gasteiger partial charge on any atom is 0.0410 e. The van der Waals surface area contributed by atoms with Crippen LogP contribution < -0.4 is 5.73 Å². The number of pyridine rings is 1. The van der Waals surface area contributed by atoms with E-state index in [4.69, 9.17) is 5.73 Å². The van der Waals surface area contributed by atoms with Gasteiger partial charge in [-0.05, 0) is 24.5 Å². The Morgan fingerprint density at radius 1 is 1.23 bits per heavy atom. The Morgan fingerprint density at radius 2 is 2.08 bits per heavy atom. The van der Waals surface area contributed by atoms with E-state index in [2.05, 4.69) is 11.2 Å². The number of thioether (sulfide) groups is 1. The fourth-order valence-electron chi connectivity index (χ4n) is 1.36. The SMILES string of the molecule is CSc1ccc(N)c2cnccc12. The predicted octanol–water partition coefficient (Wildman–Crippen LogP) is 2.54. The molecule has 0 atom stereocenters. The number of fused-ring (bicyclic) bond motifs is 1. The third-order valence-corrected chi connectivity index (χ3v) is 2.83. The minimum atomic E-state index is 0.793. The van der Waals surface area contributed by atoms with Crippen LogP contribution in [0.4, 0.5) is 5.69 Å². The molecule has 2 rings (SSSR count). The third-order valence-electron chi connectivity index (χ3n) is 2.03. The summed E-state index contributed by atoms with van der Waals surface area (Å²) in [5.74, 6) is 0. The van der Waals surface area contributed by atoms with Gasteiger partial charge in [-0.2, -0.15) is 0 Å². The average molecular weight is 190 g/mol. The van der Waals surface area contributed by atoms with E-state index in [1.807, 2.05) is 24.4 Å². The lowest BCUT2D eigenvalue weighted by atomic mass is 10.1. The zero-order valence-electron chi connectivity index (χ0n) is 7.32. The molecule has 0 fully saturated rings. The summed E-state index contributed by atoms with van der Waals surface area (Å²) >= 11 is 1.72. The van der Waals surface area contributed by atoms with Crippen molar-refractivity contribution in [2.75, 3.05) is 12.0 Å². The van der Waals surface area contributed by atoms with Crippen molar-refractivity contribution in [3.63, 3.8) is 0 Å². The largest absolute Gasteiger partial charge is 0.398 e. The Balaban J connectivity index is 2.84. The lowest BCUT2D eigenvalue weighted by molar-refractivity contribution is 1.35. The van der Waals surface area contributed by atoms with Crippen LogP contribution in [0.1, 0.15) is 0 Å². The van der Waals surface area contributed by atoms with E-state index in [-0.39, 0.29) is 0 Å². The van der Waals surface area contributed by atoms with Crippen LogP contribution in [0, 0.1) is 0 Å². The summed E-state index contributed by atoms with van der Waals surface area (Å²) in [6.07, 6.45) is 5.66. The smallest absolute Gasteiger partial charge is 0.0410 e. The van der Waals surface area contributed by atoms with Crippen molar-refractivity contribution in [1.29, 1.82) is 0 Å². The molecule has 66 valence electrons. The molecule has 0 saturated heterocycles. The minimum Gasteiger partial charge on any atom is -0.398 e. The van der Waals surface area contributed by atoms with Crippen LogP contribution in [0.3, 0.4) is 0 Å². The highest BCUT2D eigenvalue weighted by atomic mass is 32.2. The maximum atomic E-state index is 5.83. The highest BCUT2D eigenvalue weighted by Gasteiger charge is 2.01. The van der Waals surface area contributed by atoms with Crippen molar-refractivity contribution in [2.24, 2.45) is 0 Å². The number of nitrogens with two attached hydrogens (primary N) is 1. The molecule has 1 aromatic carbocycles. The Bertz CT molecular complexity index is 440. The second-order valence-corrected chi connectivity index (χ2v) is 3.63. The summed E-state index contributed by atoms with van der Waals surface area (Å²) in [4.78, 5) is 5.30. The number of hydrogen-bond donors (Lipinski definition) is 1. The van der Waals surface area contributed by atoms with E-state index in [1.165, 1.54) is 10.3 Å². The van der Waals surface area contributed by atoms with Crippen LogP contribution in [0.25, 0.3) is 10.8 Å². The molecule has 2 nitrogen and oxygen atoms in total. The van der Waals surface area contributed by atoms with Gasteiger partial charge < -0.3 is 5.73 Å². The summed E-state index contributed by atoms with van der Waals surface area (Å²) in [5.41, 5.74) is 6.62. The molecule has 0 aliphatic rings. The summed E-state index contributed by atoms with van der Waals surface area (Å²) in [6.45, 7) is 0. The van der Waals surface area contributed by atoms with Gasteiger partial charge in [0.15, 0.2) is 0 Å². The highest BCUT2D eigenvalue weighted by molar-refractivity contribution is 7.98. The van der Waals surface area contributed by atoms with Crippen molar-refractivity contribution in [2.45, 2.75) is 4.90 Å². The Labute approximate surface area is 81.2 Å². The molecule has 0 aliphatic carbocycles. The van der Waals surface area contributed by atoms with Crippen molar-refractivity contribution in [3.05, 3.63) is 30.6 Å². The predicted molar refractivity (Wildman–Crippen MR) is 57.9 cm³/mol. The Kier molecular flexibility index (Phi) is 2.10. The van der Waals surface area contributed by atoms with Crippen LogP contribution in [0.2, 0.25) is 0 Å². The van der Waals surface area contributed by atoms with Gasteiger partial charge in [0, 0.05) is 33.7 Å². The molecule has 1 heterocycles. The molecule has 0 amide bonds. The first-order valence-corrected chi connectivity index (χ1v) is 5.21. The molecule has 2 N–H and O–H groups in total. The van der Waals surface area contributed by atoms with Gasteiger partial charge >= 0.3 is 0 Å². The Morgan fingerprint density at radius 3 is 2.85 bits per heavy atom. The molecule has 0 bridgehead atoms. The van der Waals surface area contributed by atoms with Gasteiger partial charge in [-0.25, -0.2) is 0 Å². The van der Waals surface area contributed by atoms with Crippen LogP contribution >= 0.6 is 11.8 Å². The fourth-order valence-corrected chi connectivity index (χ4v) is 1.96. The molecule has 0 radical (unpaired) electrons. The van der Waals surface area contributed by atoms with Crippen molar-refractivity contribution < 1.29 is 0 Å². The van der Waals surface area contributed by atoms with Gasteiger partial charge in [0.2, 0.25) is 0 Å². The molecule has 0 spiro atoms. The first-order valence-electron chi connectivity index (χ1n) is 3.99. The Hall–Kier alpha value is -1.22. The van der Waals surface area contributed by atoms with Crippen LogP contribution in [0.5, 0.6) is 0 Å². The van der Waals surface area contributed by atoms with Crippen LogP contribution in [-0.4, -0.2) is 11.2 Å². The highest BCUT2D eigenvalue weighted by Crippen LogP contribution is 2.29. The molecular formula is C10H10N2S. The number of nitrogen functional groups attached to an aromatic ring is 1. The van der Waals surface area contributed by atoms with Gasteiger partial charge in [0.25, 0.3) is 0 Å². The van der Waals surface area contributed by atoms with E-state index in [1.54, 1.807) is 18.0 Å². The third kappa shape index (κ3) is 1.35. The minimum absolute atomic E-state index is 0.793. The zero-order valence-corrected chi connectivity index (χ0v) is 8.14. The molecule has 0 unspecified atom stereocenters. The molecule has 13 heavy (non-hydrogen) atoms. The standard InChI is InChI=1S/C10H10N2S/c1-13-10-3-2-9(11)8-6-12-5-4-7(8)10/h2-6H,11H2,1H3. The first kappa shape index (κ1) is 8.38. The average Bonchev–Trinajstić information content (AvgIpc) is 2.19. The lowest BCUT2D eigenvalue weighted by Gasteiger charge is -2.04. The number of hydrogen-bond acceptors (Lipinski definition) is 3. The quantitative estimate of drug-likeness (QED) is 0.554. The number of rotatable bonds is 1. The molecular weight excluding hydrogens is 180 g/mol. The summed E-state index contributed by atoms with van der Waals surface area (Å²) in [6, 6.07) is 5.97. The number of nitrogens with zero attached hydrogens (tertiary/aromatic N) is 1. The first-order chi connectivity index (χ1) is 6.33. The fraction of sp³-hybridized carbons (Fsp3) is 0.100.